The van der Waals surface area contributed by atoms with Crippen LogP contribution in [-0.2, 0) is 11.2 Å². The van der Waals surface area contributed by atoms with E-state index < -0.39 is 17.5 Å². The summed E-state index contributed by atoms with van der Waals surface area (Å²) in [5.74, 6) is -2.72. The molecule has 0 unspecified atom stereocenters. The highest BCUT2D eigenvalue weighted by Crippen LogP contribution is 2.29. The molecule has 1 aromatic heterocycles. The summed E-state index contributed by atoms with van der Waals surface area (Å²) in [7, 11) is 0. The topological polar surface area (TPSA) is 75.1 Å². The molecular weight excluding hydrogens is 419 g/mol. The summed E-state index contributed by atoms with van der Waals surface area (Å²) in [4.78, 5) is 21.4. The van der Waals surface area contributed by atoms with Crippen LogP contribution >= 0.6 is 0 Å². The van der Waals surface area contributed by atoms with Gasteiger partial charge in [0, 0.05) is 11.1 Å². The number of carbonyl (C=O) groups excluding carboxylic acids is 1. The number of aromatic nitrogens is 2. The standard InChI is InChI=1S/C24H16F3N3O2/c25-17-6-2-15(3-7-17)21-13-28-24(23(29-21)16-4-8-18(31)9-5-16)30-22(32)12-14-1-10-19(26)20(27)11-14/h1-11,13,31H,12H2,(H,28,30,32). The second-order valence-electron chi connectivity index (χ2n) is 6.98. The van der Waals surface area contributed by atoms with Crippen molar-refractivity contribution in [1.82, 2.24) is 9.97 Å². The zero-order valence-corrected chi connectivity index (χ0v) is 16.5. The number of phenolic OH excluding ortho intramolecular Hbond substituents is 1. The lowest BCUT2D eigenvalue weighted by Gasteiger charge is -2.12. The van der Waals surface area contributed by atoms with Crippen LogP contribution in [0.25, 0.3) is 22.5 Å². The average Bonchev–Trinajstić information content (AvgIpc) is 2.78. The van der Waals surface area contributed by atoms with Gasteiger partial charge in [0.1, 0.15) is 17.3 Å². The van der Waals surface area contributed by atoms with Crippen molar-refractivity contribution in [2.24, 2.45) is 0 Å². The van der Waals surface area contributed by atoms with Crippen LogP contribution in [0.2, 0.25) is 0 Å². The van der Waals surface area contributed by atoms with Crippen LogP contribution in [-0.4, -0.2) is 21.0 Å². The number of benzene rings is 3. The van der Waals surface area contributed by atoms with Crippen molar-refractivity contribution in [2.75, 3.05) is 5.32 Å². The Balaban J connectivity index is 1.66. The minimum Gasteiger partial charge on any atom is -0.508 e. The van der Waals surface area contributed by atoms with E-state index in [2.05, 4.69) is 15.3 Å². The molecule has 8 heteroatoms. The number of aromatic hydroxyl groups is 1. The Morgan fingerprint density at radius 2 is 1.56 bits per heavy atom. The van der Waals surface area contributed by atoms with E-state index in [1.54, 1.807) is 24.3 Å². The van der Waals surface area contributed by atoms with Gasteiger partial charge in [-0.25, -0.2) is 23.1 Å². The molecule has 0 aliphatic heterocycles. The highest BCUT2D eigenvalue weighted by molar-refractivity contribution is 5.94. The number of amides is 1. The molecule has 0 fully saturated rings. The predicted molar refractivity (Wildman–Crippen MR) is 113 cm³/mol. The Morgan fingerprint density at radius 1 is 0.875 bits per heavy atom. The van der Waals surface area contributed by atoms with E-state index in [4.69, 9.17) is 0 Å². The number of nitrogens with one attached hydrogen (secondary N) is 1. The Morgan fingerprint density at radius 3 is 2.25 bits per heavy atom. The summed E-state index contributed by atoms with van der Waals surface area (Å²) in [5, 5.41) is 12.2. The van der Waals surface area contributed by atoms with Gasteiger partial charge in [0.15, 0.2) is 17.5 Å². The molecular formula is C24H16F3N3O2. The number of nitrogens with zero attached hydrogens (tertiary/aromatic N) is 2. The molecule has 0 bridgehead atoms. The van der Waals surface area contributed by atoms with Gasteiger partial charge in [0.05, 0.1) is 18.3 Å². The smallest absolute Gasteiger partial charge is 0.230 e. The van der Waals surface area contributed by atoms with Crippen molar-refractivity contribution < 1.29 is 23.1 Å². The number of hydrogen-bond acceptors (Lipinski definition) is 4. The van der Waals surface area contributed by atoms with Gasteiger partial charge in [-0.05, 0) is 66.2 Å². The highest BCUT2D eigenvalue weighted by Gasteiger charge is 2.15. The predicted octanol–water partition coefficient (Wildman–Crippen LogP) is 5.11. The van der Waals surface area contributed by atoms with Gasteiger partial charge < -0.3 is 10.4 Å². The first-order chi connectivity index (χ1) is 15.4. The highest BCUT2D eigenvalue weighted by atomic mass is 19.2. The van der Waals surface area contributed by atoms with Crippen molar-refractivity contribution in [3.05, 3.63) is 95.9 Å². The van der Waals surface area contributed by atoms with E-state index in [-0.39, 0.29) is 23.8 Å². The molecule has 1 amide bonds. The van der Waals surface area contributed by atoms with E-state index in [0.29, 0.717) is 28.1 Å². The molecule has 32 heavy (non-hydrogen) atoms. The second kappa shape index (κ2) is 8.89. The fraction of sp³-hybridized carbons (Fsp3) is 0.0417. The number of anilines is 1. The van der Waals surface area contributed by atoms with Gasteiger partial charge in [-0.2, -0.15) is 0 Å². The third kappa shape index (κ3) is 4.75. The summed E-state index contributed by atoms with van der Waals surface area (Å²) >= 11 is 0. The first-order valence-electron chi connectivity index (χ1n) is 9.55. The number of rotatable bonds is 5. The van der Waals surface area contributed by atoms with E-state index in [0.717, 1.165) is 12.1 Å². The molecule has 0 saturated heterocycles. The van der Waals surface area contributed by atoms with Crippen LogP contribution in [0, 0.1) is 17.5 Å². The van der Waals surface area contributed by atoms with Crippen LogP contribution in [0.1, 0.15) is 5.56 Å². The third-order valence-corrected chi connectivity index (χ3v) is 4.66. The van der Waals surface area contributed by atoms with Gasteiger partial charge in [0.25, 0.3) is 0 Å². The Hall–Kier alpha value is -4.20. The van der Waals surface area contributed by atoms with Crippen molar-refractivity contribution in [3.8, 4) is 28.3 Å². The molecule has 160 valence electrons. The zero-order chi connectivity index (χ0) is 22.7. The second-order valence-corrected chi connectivity index (χ2v) is 6.98. The van der Waals surface area contributed by atoms with Crippen LogP contribution in [0.4, 0.5) is 19.0 Å². The maximum Gasteiger partial charge on any atom is 0.230 e. The summed E-state index contributed by atoms with van der Waals surface area (Å²) in [5.41, 5.74) is 2.27. The number of phenols is 1. The average molecular weight is 435 g/mol. The molecule has 2 N–H and O–H groups in total. The molecule has 5 nitrogen and oxygen atoms in total. The van der Waals surface area contributed by atoms with E-state index in [1.165, 1.54) is 36.5 Å². The number of halogens is 3. The first-order valence-corrected chi connectivity index (χ1v) is 9.55. The first kappa shape index (κ1) is 21.0. The maximum absolute atomic E-state index is 13.4. The fourth-order valence-corrected chi connectivity index (χ4v) is 3.07. The lowest BCUT2D eigenvalue weighted by molar-refractivity contribution is -0.115. The SMILES string of the molecule is O=C(Cc1ccc(F)c(F)c1)Nc1ncc(-c2ccc(F)cc2)nc1-c1ccc(O)cc1. The van der Waals surface area contributed by atoms with Crippen LogP contribution in [0.15, 0.2) is 72.9 Å². The summed E-state index contributed by atoms with van der Waals surface area (Å²) in [6, 6.07) is 15.1. The Kier molecular flexibility index (Phi) is 5.85. The zero-order valence-electron chi connectivity index (χ0n) is 16.5. The van der Waals surface area contributed by atoms with Crippen molar-refractivity contribution in [2.45, 2.75) is 6.42 Å². The summed E-state index contributed by atoms with van der Waals surface area (Å²) in [6.07, 6.45) is 1.23. The van der Waals surface area contributed by atoms with Gasteiger partial charge in [-0.3, -0.25) is 4.79 Å². The van der Waals surface area contributed by atoms with Crippen molar-refractivity contribution in [1.29, 1.82) is 0 Å². The molecule has 4 aromatic rings. The molecule has 3 aromatic carbocycles. The van der Waals surface area contributed by atoms with Crippen LogP contribution in [0.5, 0.6) is 5.75 Å². The van der Waals surface area contributed by atoms with E-state index in [9.17, 15) is 23.1 Å². The van der Waals surface area contributed by atoms with Gasteiger partial charge >= 0.3 is 0 Å². The minimum absolute atomic E-state index is 0.0559. The molecule has 1 heterocycles. The van der Waals surface area contributed by atoms with E-state index >= 15 is 0 Å². The van der Waals surface area contributed by atoms with Crippen molar-refractivity contribution >= 4 is 11.7 Å². The molecule has 4 rings (SSSR count). The van der Waals surface area contributed by atoms with Crippen LogP contribution in [0.3, 0.4) is 0 Å². The lowest BCUT2D eigenvalue weighted by Crippen LogP contribution is -2.17. The largest absolute Gasteiger partial charge is 0.508 e. The fourth-order valence-electron chi connectivity index (χ4n) is 3.07. The normalized spacial score (nSPS) is 10.7. The molecule has 0 spiro atoms. The summed E-state index contributed by atoms with van der Waals surface area (Å²) < 4.78 is 39.8. The number of hydrogen-bond donors (Lipinski definition) is 2. The summed E-state index contributed by atoms with van der Waals surface area (Å²) in [6.45, 7) is 0. The van der Waals surface area contributed by atoms with Gasteiger partial charge in [-0.1, -0.05) is 6.07 Å². The number of carbonyl (C=O) groups is 1. The quantitative estimate of drug-likeness (QED) is 0.457. The maximum atomic E-state index is 13.4. The monoisotopic (exact) mass is 435 g/mol. The minimum atomic E-state index is -1.04. The lowest BCUT2D eigenvalue weighted by atomic mass is 10.1. The Bertz CT molecular complexity index is 1280. The molecule has 0 aliphatic rings. The molecule has 0 saturated carbocycles. The molecule has 0 atom stereocenters. The third-order valence-electron chi connectivity index (χ3n) is 4.66. The van der Waals surface area contributed by atoms with Gasteiger partial charge in [0.2, 0.25) is 5.91 Å². The molecule has 0 aliphatic carbocycles. The molecule has 0 radical (unpaired) electrons. The Labute approximate surface area is 181 Å². The van der Waals surface area contributed by atoms with Crippen molar-refractivity contribution in [3.63, 3.8) is 0 Å². The van der Waals surface area contributed by atoms with Gasteiger partial charge in [-0.15, -0.1) is 0 Å². The van der Waals surface area contributed by atoms with E-state index in [1.807, 2.05) is 0 Å². The van der Waals surface area contributed by atoms with Crippen LogP contribution < -0.4 is 5.32 Å².